The largest absolute Gasteiger partial charge is 0.446 e. The third kappa shape index (κ3) is 8.64. The van der Waals surface area contributed by atoms with Crippen molar-refractivity contribution in [3.8, 4) is 0 Å². The Morgan fingerprint density at radius 3 is 2.54 bits per heavy atom. The van der Waals surface area contributed by atoms with Gasteiger partial charge in [0.05, 0.1) is 4.90 Å². The number of nitrogens with zero attached hydrogens (tertiary/aromatic N) is 1. The molecule has 0 fully saturated rings. The minimum absolute atomic E-state index is 0.0183. The Morgan fingerprint density at radius 1 is 1.31 bits per heavy atom. The number of anilines is 1. The summed E-state index contributed by atoms with van der Waals surface area (Å²) in [5.74, 6) is 0.366. The SMILES string of the molecule is CC(C)CN(CCCNC(=O)O[C@H](C)CCO)S(=O)c1ccc(N)cc1. The molecule has 0 heterocycles. The normalized spacial score (nSPS) is 13.6. The summed E-state index contributed by atoms with van der Waals surface area (Å²) in [5.41, 5.74) is 6.32. The van der Waals surface area contributed by atoms with Crippen molar-refractivity contribution in [1.29, 1.82) is 0 Å². The van der Waals surface area contributed by atoms with E-state index in [-0.39, 0.29) is 12.7 Å². The Morgan fingerprint density at radius 2 is 1.96 bits per heavy atom. The van der Waals surface area contributed by atoms with Crippen molar-refractivity contribution in [2.75, 3.05) is 32.0 Å². The highest BCUT2D eigenvalue weighted by atomic mass is 32.2. The highest BCUT2D eigenvalue weighted by Gasteiger charge is 2.16. The minimum Gasteiger partial charge on any atom is -0.446 e. The maximum atomic E-state index is 12.8. The Bertz CT molecular complexity index is 566. The van der Waals surface area contributed by atoms with E-state index in [4.69, 9.17) is 15.6 Å². The molecule has 7 nitrogen and oxygen atoms in total. The number of hydrogen-bond donors (Lipinski definition) is 3. The van der Waals surface area contributed by atoms with Crippen LogP contribution in [0.1, 0.15) is 33.6 Å². The topological polar surface area (TPSA) is 105 Å². The van der Waals surface area contributed by atoms with E-state index < -0.39 is 17.1 Å². The molecule has 0 aliphatic heterocycles. The van der Waals surface area contributed by atoms with Crippen LogP contribution in [0, 0.1) is 5.92 Å². The van der Waals surface area contributed by atoms with Crippen LogP contribution in [-0.4, -0.2) is 52.1 Å². The number of rotatable bonds is 11. The first-order valence-electron chi connectivity index (χ1n) is 8.91. The second-order valence-corrected chi connectivity index (χ2v) is 8.09. The number of carbonyl (C=O) groups excluding carboxylic acids is 1. The fourth-order valence-corrected chi connectivity index (χ4v) is 3.69. The van der Waals surface area contributed by atoms with Gasteiger partial charge in [0, 0.05) is 38.3 Å². The Labute approximate surface area is 158 Å². The van der Waals surface area contributed by atoms with E-state index in [0.29, 0.717) is 49.0 Å². The third-order valence-corrected chi connectivity index (χ3v) is 5.06. The number of aliphatic hydroxyl groups is 1. The number of carbonyl (C=O) groups is 1. The van der Waals surface area contributed by atoms with Crippen LogP contribution in [0.25, 0.3) is 0 Å². The molecule has 0 bridgehead atoms. The molecule has 148 valence electrons. The lowest BCUT2D eigenvalue weighted by Crippen LogP contribution is -2.34. The van der Waals surface area contributed by atoms with E-state index in [2.05, 4.69) is 19.2 Å². The van der Waals surface area contributed by atoms with Crippen molar-refractivity contribution in [3.63, 3.8) is 0 Å². The first kappa shape index (κ1) is 22.4. The molecule has 1 aromatic carbocycles. The zero-order chi connectivity index (χ0) is 19.5. The molecule has 26 heavy (non-hydrogen) atoms. The minimum atomic E-state index is -1.27. The summed E-state index contributed by atoms with van der Waals surface area (Å²) in [4.78, 5) is 12.4. The Hall–Kier alpha value is -1.64. The quantitative estimate of drug-likeness (QED) is 0.400. The number of nitrogen functional groups attached to an aromatic ring is 1. The molecule has 0 aliphatic rings. The molecule has 0 saturated heterocycles. The zero-order valence-corrected chi connectivity index (χ0v) is 16.6. The predicted octanol–water partition coefficient (Wildman–Crippen LogP) is 2.14. The molecule has 2 atom stereocenters. The second kappa shape index (κ2) is 11.9. The highest BCUT2D eigenvalue weighted by Crippen LogP contribution is 2.15. The van der Waals surface area contributed by atoms with Crippen LogP contribution in [0.2, 0.25) is 0 Å². The van der Waals surface area contributed by atoms with Crippen molar-refractivity contribution in [2.45, 2.75) is 44.6 Å². The Balaban J connectivity index is 2.48. The summed E-state index contributed by atoms with van der Waals surface area (Å²) in [6, 6.07) is 7.03. The number of benzene rings is 1. The third-order valence-electron chi connectivity index (χ3n) is 3.58. The standard InChI is InChI=1S/C18H31N3O4S/c1-14(2)13-21(26(24)17-7-5-16(19)6-8-17)11-4-10-20-18(23)25-15(3)9-12-22/h5-8,14-15,22H,4,9-13,19H2,1-3H3,(H,20,23)/t15-,26?/m1/s1. The summed E-state index contributed by atoms with van der Waals surface area (Å²) < 4.78 is 19.8. The van der Waals surface area contributed by atoms with Gasteiger partial charge in [-0.15, -0.1) is 0 Å². The molecule has 0 radical (unpaired) electrons. The zero-order valence-electron chi connectivity index (χ0n) is 15.8. The summed E-state index contributed by atoms with van der Waals surface area (Å²) in [6.45, 7) is 7.57. The van der Waals surface area contributed by atoms with Gasteiger partial charge in [-0.3, -0.25) is 0 Å². The maximum absolute atomic E-state index is 12.8. The molecule has 0 aliphatic carbocycles. The van der Waals surface area contributed by atoms with Gasteiger partial charge < -0.3 is 20.9 Å². The number of amides is 1. The van der Waals surface area contributed by atoms with Crippen LogP contribution < -0.4 is 11.1 Å². The van der Waals surface area contributed by atoms with Crippen molar-refractivity contribution in [2.24, 2.45) is 5.92 Å². The number of hydrogen-bond acceptors (Lipinski definition) is 5. The van der Waals surface area contributed by atoms with Crippen LogP contribution in [0.3, 0.4) is 0 Å². The van der Waals surface area contributed by atoms with Crippen LogP contribution >= 0.6 is 0 Å². The predicted molar refractivity (Wildman–Crippen MR) is 104 cm³/mol. The molecule has 4 N–H and O–H groups in total. The first-order valence-corrected chi connectivity index (χ1v) is 10.0. The summed E-state index contributed by atoms with van der Waals surface area (Å²) in [7, 11) is -1.27. The number of aliphatic hydroxyl groups excluding tert-OH is 1. The molecule has 0 spiro atoms. The molecule has 1 rings (SSSR count). The van der Waals surface area contributed by atoms with Crippen molar-refractivity contribution < 1.29 is 18.8 Å². The fourth-order valence-electron chi connectivity index (χ4n) is 2.29. The van der Waals surface area contributed by atoms with E-state index in [9.17, 15) is 9.00 Å². The number of nitrogens with one attached hydrogen (secondary N) is 1. The highest BCUT2D eigenvalue weighted by molar-refractivity contribution is 7.82. The van der Waals surface area contributed by atoms with E-state index >= 15 is 0 Å². The number of alkyl carbamates (subject to hydrolysis) is 1. The average molecular weight is 386 g/mol. The Kier molecular flexibility index (Phi) is 10.2. The van der Waals surface area contributed by atoms with Gasteiger partial charge in [0.25, 0.3) is 0 Å². The molecule has 8 heteroatoms. The number of ether oxygens (including phenoxy) is 1. The van der Waals surface area contributed by atoms with E-state index in [1.54, 1.807) is 31.2 Å². The molecule has 0 aromatic heterocycles. The number of nitrogens with two attached hydrogens (primary N) is 1. The van der Waals surface area contributed by atoms with Gasteiger partial charge in [-0.05, 0) is 43.5 Å². The summed E-state index contributed by atoms with van der Waals surface area (Å²) >= 11 is 0. The van der Waals surface area contributed by atoms with Crippen LogP contribution in [0.15, 0.2) is 29.2 Å². The second-order valence-electron chi connectivity index (χ2n) is 6.61. The van der Waals surface area contributed by atoms with Gasteiger partial charge in [0.15, 0.2) is 0 Å². The van der Waals surface area contributed by atoms with Gasteiger partial charge in [0.2, 0.25) is 0 Å². The van der Waals surface area contributed by atoms with E-state index in [1.807, 2.05) is 4.31 Å². The molecular weight excluding hydrogens is 354 g/mol. The molecule has 1 aromatic rings. The van der Waals surface area contributed by atoms with Crippen molar-refractivity contribution in [3.05, 3.63) is 24.3 Å². The first-order chi connectivity index (χ1) is 12.3. The van der Waals surface area contributed by atoms with Crippen molar-refractivity contribution in [1.82, 2.24) is 9.62 Å². The smallest absolute Gasteiger partial charge is 0.407 e. The van der Waals surface area contributed by atoms with Gasteiger partial charge in [-0.2, -0.15) is 0 Å². The lowest BCUT2D eigenvalue weighted by atomic mass is 10.2. The molecule has 0 saturated carbocycles. The molecular formula is C18H31N3O4S. The van der Waals surface area contributed by atoms with Crippen LogP contribution in [0.5, 0.6) is 0 Å². The van der Waals surface area contributed by atoms with Gasteiger partial charge in [0.1, 0.15) is 17.1 Å². The maximum Gasteiger partial charge on any atom is 0.407 e. The lowest BCUT2D eigenvalue weighted by molar-refractivity contribution is 0.0902. The van der Waals surface area contributed by atoms with Gasteiger partial charge in [-0.25, -0.2) is 13.3 Å². The summed E-state index contributed by atoms with van der Waals surface area (Å²) in [5, 5.41) is 11.5. The average Bonchev–Trinajstić information content (AvgIpc) is 2.57. The summed E-state index contributed by atoms with van der Waals surface area (Å²) in [6.07, 6.45) is 0.240. The van der Waals surface area contributed by atoms with Gasteiger partial charge in [-0.1, -0.05) is 13.8 Å². The fraction of sp³-hybridized carbons (Fsp3) is 0.611. The molecule has 1 unspecified atom stereocenters. The monoisotopic (exact) mass is 385 g/mol. The van der Waals surface area contributed by atoms with Crippen molar-refractivity contribution >= 4 is 22.8 Å². The molecule has 1 amide bonds. The van der Waals surface area contributed by atoms with Crippen LogP contribution in [-0.2, 0) is 15.7 Å². The van der Waals surface area contributed by atoms with E-state index in [0.717, 1.165) is 0 Å². The lowest BCUT2D eigenvalue weighted by Gasteiger charge is -2.23. The van der Waals surface area contributed by atoms with Crippen LogP contribution in [0.4, 0.5) is 10.5 Å². The van der Waals surface area contributed by atoms with Gasteiger partial charge >= 0.3 is 6.09 Å². The van der Waals surface area contributed by atoms with E-state index in [1.165, 1.54) is 0 Å².